The number of rotatable bonds is 4. The Morgan fingerprint density at radius 1 is 1.36 bits per heavy atom. The van der Waals surface area contributed by atoms with Crippen molar-refractivity contribution in [2.24, 2.45) is 0 Å². The highest BCUT2D eigenvalue weighted by Gasteiger charge is 2.24. The highest BCUT2D eigenvalue weighted by atomic mass is 32.1. The van der Waals surface area contributed by atoms with E-state index >= 15 is 0 Å². The second-order valence-corrected chi connectivity index (χ2v) is 6.61. The summed E-state index contributed by atoms with van der Waals surface area (Å²) >= 11 is 3.25. The fraction of sp³-hybridized carbons (Fsp3) is 0.357. The molecule has 0 unspecified atom stereocenters. The normalized spacial score (nSPS) is 14.9. The summed E-state index contributed by atoms with van der Waals surface area (Å²) in [6, 6.07) is 4.05. The molecule has 116 valence electrons. The molecule has 3 rings (SSSR count). The molecule has 1 amide bonds. The predicted molar refractivity (Wildman–Crippen MR) is 88.6 cm³/mol. The molecule has 22 heavy (non-hydrogen) atoms. The van der Waals surface area contributed by atoms with Crippen molar-refractivity contribution in [1.29, 1.82) is 0 Å². The van der Waals surface area contributed by atoms with E-state index in [0.29, 0.717) is 13.1 Å². The molecule has 0 spiro atoms. The lowest BCUT2D eigenvalue weighted by Gasteiger charge is -2.33. The Morgan fingerprint density at radius 3 is 2.86 bits per heavy atom. The van der Waals surface area contributed by atoms with Gasteiger partial charge in [0.2, 0.25) is 5.13 Å². The number of hydrogen-bond acceptors (Lipinski definition) is 7. The third kappa shape index (κ3) is 3.28. The van der Waals surface area contributed by atoms with Crippen LogP contribution in [0.5, 0.6) is 0 Å². The molecule has 6 nitrogen and oxygen atoms in total. The minimum Gasteiger partial charge on any atom is -0.445 e. The van der Waals surface area contributed by atoms with E-state index in [4.69, 9.17) is 4.74 Å². The molecule has 0 atom stereocenters. The van der Waals surface area contributed by atoms with E-state index in [-0.39, 0.29) is 12.7 Å². The Kier molecular flexibility index (Phi) is 4.69. The van der Waals surface area contributed by atoms with Crippen molar-refractivity contribution in [3.63, 3.8) is 0 Å². The lowest BCUT2D eigenvalue weighted by Crippen LogP contribution is -2.49. The van der Waals surface area contributed by atoms with Crippen molar-refractivity contribution >= 4 is 33.9 Å². The number of aromatic nitrogens is 2. The van der Waals surface area contributed by atoms with Crippen LogP contribution in [0.15, 0.2) is 30.2 Å². The summed E-state index contributed by atoms with van der Waals surface area (Å²) in [7, 11) is 0. The topological polar surface area (TPSA) is 58.6 Å². The SMILES string of the molecule is C=CCOC(=O)N1CCN(c2nnc(-c3cccs3)s2)CC1. The standard InChI is InChI=1S/C14H16N4O2S2/c1-2-9-20-14(19)18-7-5-17(6-8-18)13-16-15-12(22-13)11-4-3-10-21-11/h2-4,10H,1,5-9H2. The Labute approximate surface area is 136 Å². The summed E-state index contributed by atoms with van der Waals surface area (Å²) < 4.78 is 5.05. The Morgan fingerprint density at radius 2 is 2.18 bits per heavy atom. The van der Waals surface area contributed by atoms with E-state index in [1.54, 1.807) is 33.6 Å². The second-order valence-electron chi connectivity index (χ2n) is 4.71. The van der Waals surface area contributed by atoms with Crippen LogP contribution in [0, 0.1) is 0 Å². The van der Waals surface area contributed by atoms with Gasteiger partial charge in [0, 0.05) is 26.2 Å². The zero-order valence-electron chi connectivity index (χ0n) is 12.0. The van der Waals surface area contributed by atoms with Gasteiger partial charge in [-0.25, -0.2) is 4.79 Å². The molecule has 1 aliphatic rings. The third-order valence-corrected chi connectivity index (χ3v) is 5.30. The fourth-order valence-electron chi connectivity index (χ4n) is 2.14. The molecule has 2 aromatic heterocycles. The van der Waals surface area contributed by atoms with Gasteiger partial charge in [-0.15, -0.1) is 21.5 Å². The number of carbonyl (C=O) groups is 1. The van der Waals surface area contributed by atoms with E-state index in [0.717, 1.165) is 28.1 Å². The van der Waals surface area contributed by atoms with Crippen molar-refractivity contribution in [2.45, 2.75) is 0 Å². The van der Waals surface area contributed by atoms with E-state index in [2.05, 4.69) is 21.7 Å². The van der Waals surface area contributed by atoms with Crippen LogP contribution in [0.4, 0.5) is 9.93 Å². The smallest absolute Gasteiger partial charge is 0.410 e. The van der Waals surface area contributed by atoms with Crippen molar-refractivity contribution in [1.82, 2.24) is 15.1 Å². The van der Waals surface area contributed by atoms with E-state index < -0.39 is 0 Å². The first-order valence-electron chi connectivity index (χ1n) is 6.93. The van der Waals surface area contributed by atoms with Crippen LogP contribution in [-0.4, -0.2) is 54.0 Å². The predicted octanol–water partition coefficient (Wildman–Crippen LogP) is 2.71. The van der Waals surface area contributed by atoms with Crippen LogP contribution in [-0.2, 0) is 4.74 Å². The molecular formula is C14H16N4O2S2. The molecule has 0 aromatic carbocycles. The van der Waals surface area contributed by atoms with Crippen LogP contribution in [0.25, 0.3) is 9.88 Å². The molecule has 0 saturated carbocycles. The lowest BCUT2D eigenvalue weighted by atomic mass is 10.3. The molecule has 1 aliphatic heterocycles. The molecule has 3 heterocycles. The van der Waals surface area contributed by atoms with Crippen LogP contribution in [0.1, 0.15) is 0 Å². The molecule has 1 fully saturated rings. The highest BCUT2D eigenvalue weighted by molar-refractivity contribution is 7.22. The zero-order chi connectivity index (χ0) is 15.4. The summed E-state index contributed by atoms with van der Waals surface area (Å²) in [5, 5.41) is 12.4. The molecule has 0 radical (unpaired) electrons. The van der Waals surface area contributed by atoms with Crippen molar-refractivity contribution in [3.05, 3.63) is 30.2 Å². The first kappa shape index (κ1) is 15.0. The number of hydrogen-bond donors (Lipinski definition) is 0. The zero-order valence-corrected chi connectivity index (χ0v) is 13.6. The maximum absolute atomic E-state index is 11.8. The molecule has 0 aliphatic carbocycles. The maximum Gasteiger partial charge on any atom is 0.410 e. The number of anilines is 1. The van der Waals surface area contributed by atoms with Gasteiger partial charge in [0.25, 0.3) is 0 Å². The van der Waals surface area contributed by atoms with Crippen LogP contribution >= 0.6 is 22.7 Å². The maximum atomic E-state index is 11.8. The lowest BCUT2D eigenvalue weighted by molar-refractivity contribution is 0.110. The molecule has 8 heteroatoms. The Bertz CT molecular complexity index is 633. The van der Waals surface area contributed by atoms with Crippen molar-refractivity contribution < 1.29 is 9.53 Å². The summed E-state index contributed by atoms with van der Waals surface area (Å²) in [4.78, 5) is 16.8. The minimum atomic E-state index is -0.281. The second kappa shape index (κ2) is 6.89. The molecule has 1 saturated heterocycles. The van der Waals surface area contributed by atoms with E-state index in [1.807, 2.05) is 17.5 Å². The van der Waals surface area contributed by atoms with Crippen LogP contribution in [0.2, 0.25) is 0 Å². The number of thiophene rings is 1. The Hall–Kier alpha value is -1.93. The van der Waals surface area contributed by atoms with Gasteiger partial charge in [0.15, 0.2) is 5.01 Å². The summed E-state index contributed by atoms with van der Waals surface area (Å²) in [5.41, 5.74) is 0. The molecule has 0 bridgehead atoms. The minimum absolute atomic E-state index is 0.250. The first-order chi connectivity index (χ1) is 10.8. The van der Waals surface area contributed by atoms with Crippen LogP contribution < -0.4 is 4.90 Å². The van der Waals surface area contributed by atoms with Gasteiger partial charge in [-0.1, -0.05) is 30.1 Å². The number of carbonyl (C=O) groups excluding carboxylic acids is 1. The highest BCUT2D eigenvalue weighted by Crippen LogP contribution is 2.31. The van der Waals surface area contributed by atoms with Gasteiger partial charge in [0.05, 0.1) is 4.88 Å². The monoisotopic (exact) mass is 336 g/mol. The molecular weight excluding hydrogens is 320 g/mol. The summed E-state index contributed by atoms with van der Waals surface area (Å²) in [5.74, 6) is 0. The van der Waals surface area contributed by atoms with Gasteiger partial charge < -0.3 is 14.5 Å². The number of amides is 1. The molecule has 2 aromatic rings. The first-order valence-corrected chi connectivity index (χ1v) is 8.62. The van der Waals surface area contributed by atoms with Crippen molar-refractivity contribution in [3.8, 4) is 9.88 Å². The summed E-state index contributed by atoms with van der Waals surface area (Å²) in [6.45, 7) is 6.52. The fourth-order valence-corrected chi connectivity index (χ4v) is 3.83. The van der Waals surface area contributed by atoms with Gasteiger partial charge in [-0.2, -0.15) is 0 Å². The third-order valence-electron chi connectivity index (χ3n) is 3.28. The van der Waals surface area contributed by atoms with Gasteiger partial charge in [-0.05, 0) is 11.4 Å². The number of nitrogens with zero attached hydrogens (tertiary/aromatic N) is 4. The largest absolute Gasteiger partial charge is 0.445 e. The van der Waals surface area contributed by atoms with E-state index in [1.165, 1.54) is 0 Å². The van der Waals surface area contributed by atoms with Crippen molar-refractivity contribution in [2.75, 3.05) is 37.7 Å². The van der Waals surface area contributed by atoms with Crippen LogP contribution in [0.3, 0.4) is 0 Å². The average Bonchev–Trinajstić information content (AvgIpc) is 3.23. The quantitative estimate of drug-likeness (QED) is 0.804. The van der Waals surface area contributed by atoms with Gasteiger partial charge in [0.1, 0.15) is 6.61 Å². The average molecular weight is 336 g/mol. The number of ether oxygens (including phenoxy) is 1. The molecule has 0 N–H and O–H groups in total. The summed E-state index contributed by atoms with van der Waals surface area (Å²) in [6.07, 6.45) is 1.29. The van der Waals surface area contributed by atoms with E-state index in [9.17, 15) is 4.79 Å². The number of piperazine rings is 1. The van der Waals surface area contributed by atoms with Gasteiger partial charge in [-0.3, -0.25) is 0 Å². The van der Waals surface area contributed by atoms with Gasteiger partial charge >= 0.3 is 6.09 Å². The Balaban J connectivity index is 1.57.